The Morgan fingerprint density at radius 3 is 2.56 bits per heavy atom. The van der Waals surface area contributed by atoms with Gasteiger partial charge in [0.1, 0.15) is 5.82 Å². The van der Waals surface area contributed by atoms with Gasteiger partial charge in [-0.25, -0.2) is 9.18 Å². The number of halogens is 1. The van der Waals surface area contributed by atoms with E-state index in [1.807, 2.05) is 41.3 Å². The van der Waals surface area contributed by atoms with E-state index in [-0.39, 0.29) is 11.8 Å². The fraction of sp³-hybridized carbons (Fsp3) is 0.222. The van der Waals surface area contributed by atoms with Crippen molar-refractivity contribution >= 4 is 16.9 Å². The standard InChI is InChI=1S/C27H26FN3O/c28-22-10-6-9-21(17-22)18-31-25-12-5-4-11-23(25)24-19-30(16-14-26(24)31)27(32)29-15-13-20-7-2-1-3-8-20/h1-12,17H,13-16,18-19H2,(H,29,32). The average Bonchev–Trinajstić information content (AvgIpc) is 3.13. The van der Waals surface area contributed by atoms with Crippen LogP contribution in [0, 0.1) is 5.82 Å². The summed E-state index contributed by atoms with van der Waals surface area (Å²) in [5.74, 6) is -0.217. The molecule has 5 heteroatoms. The molecule has 5 rings (SSSR count). The molecule has 1 aliphatic rings. The van der Waals surface area contributed by atoms with Gasteiger partial charge in [0.2, 0.25) is 0 Å². The largest absolute Gasteiger partial charge is 0.340 e. The van der Waals surface area contributed by atoms with Crippen molar-refractivity contribution in [2.75, 3.05) is 13.1 Å². The summed E-state index contributed by atoms with van der Waals surface area (Å²) in [6, 6.07) is 25.2. The minimum atomic E-state index is -0.217. The van der Waals surface area contributed by atoms with E-state index < -0.39 is 0 Å². The number of carbonyl (C=O) groups is 1. The molecule has 0 atom stereocenters. The van der Waals surface area contributed by atoms with Crippen LogP contribution < -0.4 is 5.32 Å². The molecule has 0 aliphatic carbocycles. The topological polar surface area (TPSA) is 37.3 Å². The Kier molecular flexibility index (Phi) is 5.63. The molecular formula is C27H26FN3O. The second-order valence-corrected chi connectivity index (χ2v) is 8.30. The van der Waals surface area contributed by atoms with Gasteiger partial charge in [-0.2, -0.15) is 0 Å². The molecule has 0 radical (unpaired) electrons. The molecule has 1 aliphatic heterocycles. The van der Waals surface area contributed by atoms with Crippen molar-refractivity contribution < 1.29 is 9.18 Å². The van der Waals surface area contributed by atoms with E-state index >= 15 is 0 Å². The van der Waals surface area contributed by atoms with Gasteiger partial charge in [-0.3, -0.25) is 0 Å². The first kappa shape index (κ1) is 20.3. The first-order valence-electron chi connectivity index (χ1n) is 11.1. The van der Waals surface area contributed by atoms with Crippen molar-refractivity contribution in [2.45, 2.75) is 25.9 Å². The van der Waals surface area contributed by atoms with E-state index in [0.717, 1.165) is 23.9 Å². The molecule has 0 saturated heterocycles. The number of amides is 2. The van der Waals surface area contributed by atoms with Gasteiger partial charge >= 0.3 is 6.03 Å². The number of carbonyl (C=O) groups excluding carboxylic acids is 1. The molecular weight excluding hydrogens is 401 g/mol. The second kappa shape index (κ2) is 8.87. The van der Waals surface area contributed by atoms with Crippen molar-refractivity contribution in [3.05, 3.63) is 107 Å². The van der Waals surface area contributed by atoms with Crippen LogP contribution in [0.4, 0.5) is 9.18 Å². The summed E-state index contributed by atoms with van der Waals surface area (Å²) in [4.78, 5) is 14.7. The molecule has 3 aromatic carbocycles. The van der Waals surface area contributed by atoms with Crippen molar-refractivity contribution in [3.63, 3.8) is 0 Å². The molecule has 0 fully saturated rings. The van der Waals surface area contributed by atoms with Crippen LogP contribution >= 0.6 is 0 Å². The third-order valence-corrected chi connectivity index (χ3v) is 6.21. The van der Waals surface area contributed by atoms with Gasteiger partial charge in [-0.1, -0.05) is 60.7 Å². The van der Waals surface area contributed by atoms with Gasteiger partial charge in [0, 0.05) is 54.8 Å². The molecule has 2 amide bonds. The maximum absolute atomic E-state index is 13.7. The number of hydrogen-bond donors (Lipinski definition) is 1. The van der Waals surface area contributed by atoms with Crippen molar-refractivity contribution in [1.29, 1.82) is 0 Å². The molecule has 162 valence electrons. The van der Waals surface area contributed by atoms with Gasteiger partial charge < -0.3 is 14.8 Å². The molecule has 4 aromatic rings. The Balaban J connectivity index is 1.34. The van der Waals surface area contributed by atoms with Crippen LogP contribution in [0.3, 0.4) is 0 Å². The zero-order valence-electron chi connectivity index (χ0n) is 17.9. The molecule has 1 N–H and O–H groups in total. The summed E-state index contributed by atoms with van der Waals surface area (Å²) < 4.78 is 16.0. The smallest absolute Gasteiger partial charge is 0.317 e. The second-order valence-electron chi connectivity index (χ2n) is 8.30. The number of benzene rings is 3. The minimum Gasteiger partial charge on any atom is -0.340 e. The lowest BCUT2D eigenvalue weighted by atomic mass is 10.0. The number of para-hydroxylation sites is 1. The number of nitrogens with zero attached hydrogens (tertiary/aromatic N) is 2. The van der Waals surface area contributed by atoms with Crippen molar-refractivity contribution in [3.8, 4) is 0 Å². The van der Waals surface area contributed by atoms with Crippen molar-refractivity contribution in [1.82, 2.24) is 14.8 Å². The van der Waals surface area contributed by atoms with Crippen LogP contribution in [0.5, 0.6) is 0 Å². The molecule has 0 unspecified atom stereocenters. The first-order chi connectivity index (χ1) is 15.7. The third kappa shape index (κ3) is 4.11. The number of rotatable bonds is 5. The lowest BCUT2D eigenvalue weighted by Gasteiger charge is -2.28. The zero-order valence-corrected chi connectivity index (χ0v) is 17.9. The highest BCUT2D eigenvalue weighted by molar-refractivity contribution is 5.87. The normalized spacial score (nSPS) is 13.2. The Bertz CT molecular complexity index is 1250. The van der Waals surface area contributed by atoms with E-state index in [1.54, 1.807) is 12.1 Å². The van der Waals surface area contributed by atoms with Gasteiger partial charge in [-0.05, 0) is 35.7 Å². The SMILES string of the molecule is O=C(NCCc1ccccc1)N1CCc2c(c3ccccc3n2Cc2cccc(F)c2)C1. The molecule has 1 aromatic heterocycles. The highest BCUT2D eigenvalue weighted by Gasteiger charge is 2.26. The van der Waals surface area contributed by atoms with E-state index in [0.29, 0.717) is 26.2 Å². The Morgan fingerprint density at radius 1 is 0.938 bits per heavy atom. The van der Waals surface area contributed by atoms with Crippen LogP contribution in [-0.4, -0.2) is 28.6 Å². The predicted molar refractivity (Wildman–Crippen MR) is 125 cm³/mol. The van der Waals surface area contributed by atoms with Crippen LogP contribution in [0.1, 0.15) is 22.4 Å². The fourth-order valence-corrected chi connectivity index (χ4v) is 4.64. The zero-order chi connectivity index (χ0) is 21.9. The van der Waals surface area contributed by atoms with Crippen LogP contribution in [0.2, 0.25) is 0 Å². The molecule has 32 heavy (non-hydrogen) atoms. The van der Waals surface area contributed by atoms with Crippen LogP contribution in [-0.2, 0) is 25.9 Å². The van der Waals surface area contributed by atoms with Gasteiger partial charge in [0.15, 0.2) is 0 Å². The molecule has 0 saturated carbocycles. The summed E-state index contributed by atoms with van der Waals surface area (Å²) in [5, 5.41) is 4.24. The average molecular weight is 428 g/mol. The molecule has 4 nitrogen and oxygen atoms in total. The summed E-state index contributed by atoms with van der Waals surface area (Å²) in [6.45, 7) is 2.50. The van der Waals surface area contributed by atoms with E-state index in [2.05, 4.69) is 34.1 Å². The summed E-state index contributed by atoms with van der Waals surface area (Å²) in [6.07, 6.45) is 1.60. The van der Waals surface area contributed by atoms with Gasteiger partial charge in [0.25, 0.3) is 0 Å². The van der Waals surface area contributed by atoms with Crippen molar-refractivity contribution in [2.24, 2.45) is 0 Å². The number of urea groups is 1. The lowest BCUT2D eigenvalue weighted by Crippen LogP contribution is -2.43. The summed E-state index contributed by atoms with van der Waals surface area (Å²) in [5.41, 5.74) is 5.72. The monoisotopic (exact) mass is 427 g/mol. The quantitative estimate of drug-likeness (QED) is 0.471. The van der Waals surface area contributed by atoms with Crippen LogP contribution in [0.15, 0.2) is 78.9 Å². The van der Waals surface area contributed by atoms with E-state index in [4.69, 9.17) is 0 Å². The fourth-order valence-electron chi connectivity index (χ4n) is 4.64. The first-order valence-corrected chi connectivity index (χ1v) is 11.1. The molecule has 0 bridgehead atoms. The Morgan fingerprint density at radius 2 is 1.72 bits per heavy atom. The maximum Gasteiger partial charge on any atom is 0.317 e. The van der Waals surface area contributed by atoms with Crippen LogP contribution in [0.25, 0.3) is 10.9 Å². The predicted octanol–water partition coefficient (Wildman–Crippen LogP) is 5.14. The number of fused-ring (bicyclic) bond motifs is 3. The summed E-state index contributed by atoms with van der Waals surface area (Å²) in [7, 11) is 0. The minimum absolute atomic E-state index is 0.0199. The number of nitrogens with one attached hydrogen (secondary N) is 1. The Hall–Kier alpha value is -3.60. The van der Waals surface area contributed by atoms with E-state index in [1.165, 1.54) is 28.3 Å². The highest BCUT2D eigenvalue weighted by Crippen LogP contribution is 2.31. The van der Waals surface area contributed by atoms with Gasteiger partial charge in [0.05, 0.1) is 0 Å². The number of hydrogen-bond acceptors (Lipinski definition) is 1. The maximum atomic E-state index is 13.7. The lowest BCUT2D eigenvalue weighted by molar-refractivity contribution is 0.192. The van der Waals surface area contributed by atoms with E-state index in [9.17, 15) is 9.18 Å². The number of aromatic nitrogens is 1. The highest BCUT2D eigenvalue weighted by atomic mass is 19.1. The Labute approximate surface area is 187 Å². The molecule has 2 heterocycles. The third-order valence-electron chi connectivity index (χ3n) is 6.21. The van der Waals surface area contributed by atoms with Gasteiger partial charge in [-0.15, -0.1) is 0 Å². The summed E-state index contributed by atoms with van der Waals surface area (Å²) >= 11 is 0. The molecule has 0 spiro atoms.